The Bertz CT molecular complexity index is 328. The van der Waals surface area contributed by atoms with Gasteiger partial charge in [0.05, 0.1) is 5.56 Å². The predicted octanol–water partition coefficient (Wildman–Crippen LogP) is 3.28. The average molecular weight is 230 g/mol. The van der Waals surface area contributed by atoms with Crippen molar-refractivity contribution in [1.29, 1.82) is 5.26 Å². The largest absolute Gasteiger partial charge is 0.192 e. The van der Waals surface area contributed by atoms with Crippen molar-refractivity contribution >= 4 is 27.5 Å². The van der Waals surface area contributed by atoms with Gasteiger partial charge in [0.2, 0.25) is 0 Å². The molecule has 1 nitrogen and oxygen atoms in total. The molecule has 0 aliphatic carbocycles. The van der Waals surface area contributed by atoms with E-state index in [1.165, 1.54) is 0 Å². The molecule has 0 aliphatic rings. The van der Waals surface area contributed by atoms with E-state index in [0.717, 1.165) is 10.0 Å². The van der Waals surface area contributed by atoms with Gasteiger partial charge in [-0.2, -0.15) is 5.26 Å². The molecule has 0 amide bonds. The lowest BCUT2D eigenvalue weighted by atomic mass is 10.2. The van der Waals surface area contributed by atoms with Gasteiger partial charge in [-0.1, -0.05) is 11.6 Å². The highest BCUT2D eigenvalue weighted by Crippen LogP contribution is 2.24. The molecule has 0 fully saturated rings. The Balaban J connectivity index is 3.35. The number of halogens is 2. The Morgan fingerprint density at radius 2 is 2.18 bits per heavy atom. The van der Waals surface area contributed by atoms with Crippen LogP contribution in [0, 0.1) is 18.3 Å². The SMILES string of the molecule is Cc1cc(C#N)c(Br)cc1Cl. The van der Waals surface area contributed by atoms with Crippen molar-refractivity contribution in [3.63, 3.8) is 0 Å². The van der Waals surface area contributed by atoms with Crippen LogP contribution in [0.2, 0.25) is 5.02 Å². The molecule has 11 heavy (non-hydrogen) atoms. The van der Waals surface area contributed by atoms with E-state index < -0.39 is 0 Å². The zero-order chi connectivity index (χ0) is 8.43. The van der Waals surface area contributed by atoms with Crippen molar-refractivity contribution in [2.45, 2.75) is 6.92 Å². The minimum absolute atomic E-state index is 0.618. The van der Waals surface area contributed by atoms with Gasteiger partial charge in [0.15, 0.2) is 0 Å². The minimum atomic E-state index is 0.618. The Morgan fingerprint density at radius 3 is 2.73 bits per heavy atom. The summed E-state index contributed by atoms with van der Waals surface area (Å²) in [5.41, 5.74) is 1.54. The molecular formula is C8H5BrClN. The molecule has 0 bridgehead atoms. The third-order valence-corrected chi connectivity index (χ3v) is 2.43. The summed E-state index contributed by atoms with van der Waals surface area (Å²) < 4.78 is 0.746. The topological polar surface area (TPSA) is 23.8 Å². The molecule has 0 saturated carbocycles. The molecule has 3 heteroatoms. The van der Waals surface area contributed by atoms with Crippen molar-refractivity contribution in [2.75, 3.05) is 0 Å². The fraction of sp³-hybridized carbons (Fsp3) is 0.125. The normalized spacial score (nSPS) is 9.27. The van der Waals surface area contributed by atoms with Crippen LogP contribution in [0.5, 0.6) is 0 Å². The molecule has 0 atom stereocenters. The Hall–Kier alpha value is -0.520. The first-order valence-electron chi connectivity index (χ1n) is 3.01. The van der Waals surface area contributed by atoms with Crippen LogP contribution in [0.15, 0.2) is 16.6 Å². The number of nitrogens with zero attached hydrogens (tertiary/aromatic N) is 1. The predicted molar refractivity (Wildman–Crippen MR) is 48.6 cm³/mol. The molecule has 0 N–H and O–H groups in total. The van der Waals surface area contributed by atoms with Gasteiger partial charge in [0.1, 0.15) is 6.07 Å². The summed E-state index contributed by atoms with van der Waals surface area (Å²) in [5.74, 6) is 0. The van der Waals surface area contributed by atoms with Crippen molar-refractivity contribution in [1.82, 2.24) is 0 Å². The fourth-order valence-corrected chi connectivity index (χ4v) is 1.47. The van der Waals surface area contributed by atoms with Crippen LogP contribution in [-0.4, -0.2) is 0 Å². The summed E-state index contributed by atoms with van der Waals surface area (Å²) in [5, 5.41) is 9.29. The third kappa shape index (κ3) is 1.74. The number of nitriles is 1. The van der Waals surface area contributed by atoms with Crippen LogP contribution in [0.3, 0.4) is 0 Å². The standard InChI is InChI=1S/C8H5BrClN/c1-5-2-6(4-11)7(9)3-8(5)10/h2-3H,1H3. The molecule has 0 aliphatic heterocycles. The van der Waals surface area contributed by atoms with Crippen molar-refractivity contribution in [2.24, 2.45) is 0 Å². The molecule has 1 aromatic rings. The second-order valence-electron chi connectivity index (χ2n) is 2.19. The lowest BCUT2D eigenvalue weighted by Crippen LogP contribution is -1.81. The van der Waals surface area contributed by atoms with Crippen molar-refractivity contribution in [3.05, 3.63) is 32.8 Å². The summed E-state index contributed by atoms with van der Waals surface area (Å²) in [6.07, 6.45) is 0. The van der Waals surface area contributed by atoms with E-state index in [1.807, 2.05) is 6.92 Å². The van der Waals surface area contributed by atoms with Crippen molar-refractivity contribution in [3.8, 4) is 6.07 Å². The highest BCUT2D eigenvalue weighted by molar-refractivity contribution is 9.10. The van der Waals surface area contributed by atoms with E-state index in [4.69, 9.17) is 16.9 Å². The average Bonchev–Trinajstić information content (AvgIpc) is 1.97. The summed E-state index contributed by atoms with van der Waals surface area (Å²) in [7, 11) is 0. The fourth-order valence-electron chi connectivity index (χ4n) is 0.743. The van der Waals surface area contributed by atoms with Crippen LogP contribution in [0.4, 0.5) is 0 Å². The first-order chi connectivity index (χ1) is 5.15. The summed E-state index contributed by atoms with van der Waals surface area (Å²) >= 11 is 9.04. The van der Waals surface area contributed by atoms with Gasteiger partial charge in [-0.15, -0.1) is 0 Å². The van der Waals surface area contributed by atoms with E-state index in [-0.39, 0.29) is 0 Å². The van der Waals surface area contributed by atoms with E-state index in [1.54, 1.807) is 12.1 Å². The van der Waals surface area contributed by atoms with Gasteiger partial charge in [0.25, 0.3) is 0 Å². The van der Waals surface area contributed by atoms with Gasteiger partial charge < -0.3 is 0 Å². The van der Waals surface area contributed by atoms with Gasteiger partial charge in [-0.3, -0.25) is 0 Å². The van der Waals surface area contributed by atoms with E-state index >= 15 is 0 Å². The summed E-state index contributed by atoms with van der Waals surface area (Å²) in [4.78, 5) is 0. The van der Waals surface area contributed by atoms with Crippen molar-refractivity contribution < 1.29 is 0 Å². The highest BCUT2D eigenvalue weighted by Gasteiger charge is 2.01. The second-order valence-corrected chi connectivity index (χ2v) is 3.45. The van der Waals surface area contributed by atoms with E-state index in [0.29, 0.717) is 10.6 Å². The molecule has 1 rings (SSSR count). The monoisotopic (exact) mass is 229 g/mol. The lowest BCUT2D eigenvalue weighted by molar-refractivity contribution is 1.40. The van der Waals surface area contributed by atoms with Crippen LogP contribution in [-0.2, 0) is 0 Å². The Labute approximate surface area is 78.7 Å². The molecule has 0 spiro atoms. The van der Waals surface area contributed by atoms with Crippen LogP contribution in [0.1, 0.15) is 11.1 Å². The minimum Gasteiger partial charge on any atom is -0.192 e. The Kier molecular flexibility index (Phi) is 2.53. The maximum absolute atomic E-state index is 8.61. The maximum Gasteiger partial charge on any atom is 0.100 e. The summed E-state index contributed by atoms with van der Waals surface area (Å²) in [6.45, 7) is 1.87. The number of hydrogen-bond acceptors (Lipinski definition) is 1. The maximum atomic E-state index is 8.61. The van der Waals surface area contributed by atoms with Crippen LogP contribution in [0.25, 0.3) is 0 Å². The van der Waals surface area contributed by atoms with Gasteiger partial charge in [-0.05, 0) is 40.5 Å². The van der Waals surface area contributed by atoms with E-state index in [9.17, 15) is 0 Å². The van der Waals surface area contributed by atoms with Gasteiger partial charge in [-0.25, -0.2) is 0 Å². The smallest absolute Gasteiger partial charge is 0.100 e. The first-order valence-corrected chi connectivity index (χ1v) is 4.18. The molecule has 56 valence electrons. The number of benzene rings is 1. The molecule has 0 aromatic heterocycles. The van der Waals surface area contributed by atoms with Crippen LogP contribution >= 0.6 is 27.5 Å². The molecule has 0 heterocycles. The van der Waals surface area contributed by atoms with Gasteiger partial charge in [0, 0.05) is 9.50 Å². The number of rotatable bonds is 0. The quantitative estimate of drug-likeness (QED) is 0.671. The third-order valence-electron chi connectivity index (χ3n) is 1.37. The molecule has 0 radical (unpaired) electrons. The highest BCUT2D eigenvalue weighted by atomic mass is 79.9. The van der Waals surface area contributed by atoms with E-state index in [2.05, 4.69) is 22.0 Å². The molecule has 0 saturated heterocycles. The zero-order valence-corrected chi connectivity index (χ0v) is 8.20. The van der Waals surface area contributed by atoms with Gasteiger partial charge >= 0.3 is 0 Å². The summed E-state index contributed by atoms with van der Waals surface area (Å²) in [6, 6.07) is 5.55. The molecule has 1 aromatic carbocycles. The number of aryl methyl sites for hydroxylation is 1. The second kappa shape index (κ2) is 3.25. The van der Waals surface area contributed by atoms with Crippen LogP contribution < -0.4 is 0 Å². The molecular weight excluding hydrogens is 225 g/mol. The Morgan fingerprint density at radius 1 is 1.55 bits per heavy atom. The first kappa shape index (κ1) is 8.58. The molecule has 0 unspecified atom stereocenters. The number of hydrogen-bond donors (Lipinski definition) is 0. The lowest BCUT2D eigenvalue weighted by Gasteiger charge is -1.99. The zero-order valence-electron chi connectivity index (χ0n) is 5.86.